The zero-order chi connectivity index (χ0) is 53.8. The second-order valence-corrected chi connectivity index (χ2v) is 22.2. The molecule has 0 spiro atoms. The van der Waals surface area contributed by atoms with Crippen LogP contribution in [0.3, 0.4) is 0 Å². The molecule has 6 rings (SSSR count). The molecule has 0 radical (unpaired) electrons. The fraction of sp³-hybridized carbons (Fsp3) is 0.685. The van der Waals surface area contributed by atoms with Gasteiger partial charge >= 0.3 is 12.1 Å². The van der Waals surface area contributed by atoms with Gasteiger partial charge in [-0.05, 0) is 82.9 Å². The molecule has 4 aliphatic heterocycles. The number of anilines is 1. The lowest BCUT2D eigenvalue weighted by Gasteiger charge is -2.41. The Morgan fingerprint density at radius 1 is 1.03 bits per heavy atom. The highest BCUT2D eigenvalue weighted by atomic mass is 35.5. The van der Waals surface area contributed by atoms with Gasteiger partial charge in [0, 0.05) is 70.5 Å². The molecule has 72 heavy (non-hydrogen) atoms. The van der Waals surface area contributed by atoms with Crippen molar-refractivity contribution < 1.29 is 52.9 Å². The van der Waals surface area contributed by atoms with E-state index in [4.69, 9.17) is 25.8 Å². The van der Waals surface area contributed by atoms with E-state index in [2.05, 4.69) is 38.3 Å². The summed E-state index contributed by atoms with van der Waals surface area (Å²) in [5.74, 6) is -2.77. The summed E-state index contributed by atoms with van der Waals surface area (Å²) in [6.07, 6.45) is 7.91. The van der Waals surface area contributed by atoms with E-state index >= 15 is 0 Å². The largest absolute Gasteiger partial charge is 0.457 e. The van der Waals surface area contributed by atoms with Crippen LogP contribution in [0.1, 0.15) is 138 Å². The summed E-state index contributed by atoms with van der Waals surface area (Å²) < 4.78 is 18.2. The van der Waals surface area contributed by atoms with Gasteiger partial charge in [0.05, 0.1) is 28.5 Å². The number of rotatable bonds is 10. The lowest BCUT2D eigenvalue weighted by molar-refractivity contribution is -0.162. The molecule has 4 fully saturated rings. The summed E-state index contributed by atoms with van der Waals surface area (Å²) >= 11 is 8.05. The number of imide groups is 1. The number of likely N-dealkylation sites (N-methyl/N-ethyl adjacent to an activating group) is 1. The lowest BCUT2D eigenvalue weighted by atomic mass is 9.81. The number of thioether (sulfide) groups is 1. The van der Waals surface area contributed by atoms with Gasteiger partial charge in [-0.1, -0.05) is 95.9 Å². The number of esters is 1. The number of hydrogen-bond acceptors (Lipinski definition) is 12. The molecule has 18 heteroatoms. The maximum Gasteiger partial charge on any atom is 0.409 e. The van der Waals surface area contributed by atoms with Crippen molar-refractivity contribution in [1.82, 2.24) is 20.4 Å². The highest BCUT2D eigenvalue weighted by Gasteiger charge is 2.64. The minimum absolute atomic E-state index is 0.0162. The van der Waals surface area contributed by atoms with Crippen LogP contribution >= 0.6 is 23.4 Å². The number of allylic oxidation sites excluding steroid dienone is 3. The molecule has 1 aromatic carbocycles. The van der Waals surface area contributed by atoms with Crippen molar-refractivity contribution in [2.75, 3.05) is 38.3 Å². The summed E-state index contributed by atoms with van der Waals surface area (Å²) in [6.45, 7) is 19.5. The average molecular weight is 1040 g/mol. The number of epoxide rings is 1. The SMILES string of the molecule is CCC.CCC.CNC(=O)C1CCC(CN2C(=O)CC(SCCC(=O)N(C)[C@@H](C)C(=O)O[C@H]3CC(=O)N(C)c4cc(cc(C)c4Cl)C/C(C)=C/C=C/[C@@H](C)[C@@]4(O)C[C@H](OC(=O)N4)[C@@H](C)[C@@H]4O[C@@]34C)C2=O)CC1. The van der Waals surface area contributed by atoms with Crippen molar-refractivity contribution >= 4 is 70.6 Å². The Bertz CT molecular complexity index is 2180. The minimum Gasteiger partial charge on any atom is -0.457 e. The van der Waals surface area contributed by atoms with Gasteiger partial charge in [-0.3, -0.25) is 34.2 Å². The number of ether oxygens (including phenoxy) is 3. The van der Waals surface area contributed by atoms with Crippen LogP contribution in [0.2, 0.25) is 5.02 Å². The predicted molar refractivity (Wildman–Crippen MR) is 281 cm³/mol. The van der Waals surface area contributed by atoms with Crippen LogP contribution in [0.4, 0.5) is 10.5 Å². The predicted octanol–water partition coefficient (Wildman–Crippen LogP) is 8.07. The molecule has 4 heterocycles. The number of fused-ring (bicyclic) bond motifs is 5. The van der Waals surface area contributed by atoms with Crippen LogP contribution < -0.4 is 15.5 Å². The van der Waals surface area contributed by atoms with E-state index in [1.54, 1.807) is 27.9 Å². The number of aliphatic hydroxyl groups is 1. The first-order valence-corrected chi connectivity index (χ1v) is 27.2. The molecule has 1 aliphatic carbocycles. The smallest absolute Gasteiger partial charge is 0.409 e. The summed E-state index contributed by atoms with van der Waals surface area (Å²) in [5, 5.41) is 16.8. The number of halogens is 1. The first-order chi connectivity index (χ1) is 33.9. The molecular formula is C54H82ClN5O11S. The summed E-state index contributed by atoms with van der Waals surface area (Å²) in [5.41, 5.74) is 0.279. The Labute approximate surface area is 437 Å². The zero-order valence-electron chi connectivity index (χ0n) is 44.9. The second-order valence-electron chi connectivity index (χ2n) is 20.6. The van der Waals surface area contributed by atoms with Gasteiger partial charge in [0.25, 0.3) is 0 Å². The van der Waals surface area contributed by atoms with Crippen LogP contribution in [0.5, 0.6) is 0 Å². The molecule has 16 nitrogen and oxygen atoms in total. The molecular weight excluding hydrogens is 962 g/mol. The van der Waals surface area contributed by atoms with Gasteiger partial charge in [-0.15, -0.1) is 11.8 Å². The second kappa shape index (κ2) is 26.7. The molecule has 3 N–H and O–H groups in total. The standard InChI is InChI=1S/C48H66ClN5O11S.2C3H8/c1-26-11-10-12-28(3)48(62)24-35(63-46(61)51-48)29(4)42-47(6,65-42)37(23-39(56)53(9)34-21-32(19-26)20-27(2)41(34)49)64-45(60)30(5)52(8)38(55)17-18-66-36-22-40(57)54(44(36)59)25-31-13-15-33(16-14-31)43(58)50-7;2*1-3-2/h10-12,20-21,28-31,33,35-37,42,62H,13-19,22-25H2,1-9H3,(H,50,58)(H,51,61);2*3H2,1-2H3/b12-10+,26-11+;;/t28-,29-,30+,31?,33?,35+,36?,37+,42+,47+,48+;;/m1../s1. The average Bonchev–Trinajstić information content (AvgIpc) is 3.96. The van der Waals surface area contributed by atoms with Crippen LogP contribution in [0, 0.1) is 30.6 Å². The summed E-state index contributed by atoms with van der Waals surface area (Å²) in [4.78, 5) is 97.0. The van der Waals surface area contributed by atoms with E-state index < -0.39 is 70.7 Å². The Morgan fingerprint density at radius 2 is 1.67 bits per heavy atom. The van der Waals surface area contributed by atoms with Gasteiger partial charge in [0.2, 0.25) is 29.5 Å². The van der Waals surface area contributed by atoms with Crippen molar-refractivity contribution in [3.05, 3.63) is 52.1 Å². The fourth-order valence-electron chi connectivity index (χ4n) is 9.67. The zero-order valence-corrected chi connectivity index (χ0v) is 46.5. The number of nitrogens with one attached hydrogen (secondary N) is 2. The van der Waals surface area contributed by atoms with Crippen LogP contribution in [0.15, 0.2) is 35.9 Å². The maximum absolute atomic E-state index is 14.3. The third kappa shape index (κ3) is 15.1. The number of hydrogen-bond donors (Lipinski definition) is 3. The van der Waals surface area contributed by atoms with Crippen LogP contribution in [0.25, 0.3) is 0 Å². The van der Waals surface area contributed by atoms with Crippen molar-refractivity contribution in [3.8, 4) is 0 Å². The van der Waals surface area contributed by atoms with Crippen LogP contribution in [-0.4, -0.2) is 131 Å². The summed E-state index contributed by atoms with van der Waals surface area (Å²) in [6, 6.07) is 2.72. The molecule has 402 valence electrons. The molecule has 5 aliphatic rings. The van der Waals surface area contributed by atoms with Gasteiger partial charge in [0.1, 0.15) is 29.6 Å². The number of aryl methyl sites for hydroxylation is 1. The Hall–Kier alpha value is -4.45. The van der Waals surface area contributed by atoms with Crippen LogP contribution in [-0.2, 0) is 49.4 Å². The maximum atomic E-state index is 14.3. The topological polar surface area (TPSA) is 204 Å². The molecule has 0 aromatic heterocycles. The van der Waals surface area contributed by atoms with E-state index in [-0.39, 0.29) is 66.9 Å². The molecule has 4 bridgehead atoms. The van der Waals surface area contributed by atoms with E-state index in [1.165, 1.54) is 53.3 Å². The fourth-order valence-corrected chi connectivity index (χ4v) is 11.0. The number of amides is 6. The van der Waals surface area contributed by atoms with Crippen molar-refractivity contribution in [1.29, 1.82) is 0 Å². The highest BCUT2D eigenvalue weighted by molar-refractivity contribution is 8.00. The first kappa shape index (κ1) is 60.1. The van der Waals surface area contributed by atoms with E-state index in [9.17, 15) is 38.7 Å². The number of carbonyl (C=O) groups is 7. The minimum atomic E-state index is -1.64. The molecule has 1 aromatic rings. The molecule has 6 amide bonds. The van der Waals surface area contributed by atoms with E-state index in [0.29, 0.717) is 36.5 Å². The van der Waals surface area contributed by atoms with Gasteiger partial charge in [-0.2, -0.15) is 0 Å². The molecule has 1 saturated carbocycles. The van der Waals surface area contributed by atoms with E-state index in [0.717, 1.165) is 29.5 Å². The lowest BCUT2D eigenvalue weighted by Crippen LogP contribution is -2.60. The quantitative estimate of drug-likeness (QED) is 0.116. The van der Waals surface area contributed by atoms with Crippen molar-refractivity contribution in [2.24, 2.45) is 23.7 Å². The van der Waals surface area contributed by atoms with E-state index in [1.807, 2.05) is 51.1 Å². The third-order valence-corrected chi connectivity index (χ3v) is 16.1. The van der Waals surface area contributed by atoms with Gasteiger partial charge in [0.15, 0.2) is 0 Å². The van der Waals surface area contributed by atoms with Crippen molar-refractivity contribution in [2.45, 2.75) is 181 Å². The van der Waals surface area contributed by atoms with Gasteiger partial charge in [-0.25, -0.2) is 9.59 Å². The number of likely N-dealkylation sites (tertiary alicyclic amines) is 1. The monoisotopic (exact) mass is 1040 g/mol. The normalized spacial score (nSPS) is 31.1. The number of alkyl carbamates (subject to hydrolysis) is 1. The number of carbonyl (C=O) groups excluding carboxylic acids is 7. The summed E-state index contributed by atoms with van der Waals surface area (Å²) in [7, 11) is 4.71. The Balaban J connectivity index is 0.00000178. The first-order valence-electron chi connectivity index (χ1n) is 25.8. The Kier molecular flexibility index (Phi) is 22.3. The highest BCUT2D eigenvalue weighted by Crippen LogP contribution is 2.49. The number of benzene rings is 1. The molecule has 1 unspecified atom stereocenters. The van der Waals surface area contributed by atoms with Crippen molar-refractivity contribution in [3.63, 3.8) is 0 Å². The Morgan fingerprint density at radius 3 is 2.29 bits per heavy atom. The molecule has 3 saturated heterocycles. The number of nitrogens with zero attached hydrogens (tertiary/aromatic N) is 3. The van der Waals surface area contributed by atoms with Gasteiger partial charge < -0.3 is 34.4 Å². The third-order valence-electron chi connectivity index (χ3n) is 14.4. The molecule has 9 atom stereocenters.